The van der Waals surface area contributed by atoms with Gasteiger partial charge in [0, 0.05) is 0 Å². The van der Waals surface area contributed by atoms with Crippen molar-refractivity contribution in [3.05, 3.63) is 0 Å². The van der Waals surface area contributed by atoms with Gasteiger partial charge < -0.3 is 4.74 Å². The van der Waals surface area contributed by atoms with Crippen molar-refractivity contribution in [2.75, 3.05) is 0 Å². The molecule has 6 saturated carbocycles. The van der Waals surface area contributed by atoms with Crippen molar-refractivity contribution in [3.63, 3.8) is 0 Å². The third-order valence-electron chi connectivity index (χ3n) is 8.32. The van der Waals surface area contributed by atoms with E-state index in [9.17, 15) is 9.59 Å². The molecule has 6 atom stereocenters. The van der Waals surface area contributed by atoms with Crippen molar-refractivity contribution in [2.24, 2.45) is 58.2 Å². The fourth-order valence-electron chi connectivity index (χ4n) is 8.16. The van der Waals surface area contributed by atoms with E-state index in [-0.39, 0.29) is 23.8 Å². The van der Waals surface area contributed by atoms with Gasteiger partial charge in [0.15, 0.2) is 0 Å². The smallest absolute Gasteiger partial charge is 0.317 e. The van der Waals surface area contributed by atoms with Gasteiger partial charge in [0.2, 0.25) is 0 Å². The summed E-state index contributed by atoms with van der Waals surface area (Å²) in [4.78, 5) is 23.7. The summed E-state index contributed by atoms with van der Waals surface area (Å²) >= 11 is 0. The van der Waals surface area contributed by atoms with E-state index in [4.69, 9.17) is 4.74 Å². The van der Waals surface area contributed by atoms with E-state index >= 15 is 0 Å². The van der Waals surface area contributed by atoms with Crippen molar-refractivity contribution >= 4 is 11.9 Å². The van der Waals surface area contributed by atoms with Crippen molar-refractivity contribution in [2.45, 2.75) is 13.8 Å². The molecule has 6 aliphatic carbocycles. The van der Waals surface area contributed by atoms with Gasteiger partial charge in [0.05, 0.1) is 11.8 Å². The molecule has 7 aliphatic rings. The molecule has 0 aromatic rings. The highest BCUT2D eigenvalue weighted by atomic mass is 16.6. The zero-order chi connectivity index (χ0) is 11.5. The van der Waals surface area contributed by atoms with Crippen LogP contribution in [0.2, 0.25) is 0 Å². The van der Waals surface area contributed by atoms with Crippen molar-refractivity contribution in [3.8, 4) is 0 Å². The Balaban J connectivity index is 1.58. The maximum absolute atomic E-state index is 11.8. The molecule has 7 rings (SSSR count). The van der Waals surface area contributed by atoms with Crippen LogP contribution in [-0.2, 0) is 14.3 Å². The minimum absolute atomic E-state index is 0.0482. The molecule has 1 saturated heterocycles. The van der Waals surface area contributed by atoms with E-state index in [0.717, 1.165) is 23.7 Å². The fourth-order valence-corrected chi connectivity index (χ4v) is 8.16. The molecule has 1 heterocycles. The number of rotatable bonds is 0. The van der Waals surface area contributed by atoms with Crippen LogP contribution in [-0.4, -0.2) is 11.9 Å². The van der Waals surface area contributed by atoms with E-state index in [1.807, 2.05) is 0 Å². The van der Waals surface area contributed by atoms with Gasteiger partial charge in [0.25, 0.3) is 0 Å². The first-order valence-corrected chi connectivity index (χ1v) is 6.80. The number of cyclic esters (lactones) is 2. The lowest BCUT2D eigenvalue weighted by Crippen LogP contribution is -3.01. The Hall–Kier alpha value is -0.860. The van der Waals surface area contributed by atoms with Gasteiger partial charge >= 0.3 is 11.9 Å². The molecule has 1 aliphatic heterocycles. The summed E-state index contributed by atoms with van der Waals surface area (Å²) in [6, 6.07) is 0. The number of hydrogen-bond donors (Lipinski definition) is 0. The van der Waals surface area contributed by atoms with E-state index < -0.39 is 0 Å². The molecule has 0 spiro atoms. The second-order valence-corrected chi connectivity index (χ2v) is 7.61. The van der Waals surface area contributed by atoms with Crippen LogP contribution in [0.3, 0.4) is 0 Å². The SMILES string of the molecule is CC12[C@@H]3C4[C@H]5C(=O)OC(=O)[C@@H]5C5[C@H]3C1(C)[C@H]5[C@@H]42. The molecular formula is C14H14O3. The highest BCUT2D eigenvalue weighted by Gasteiger charge is 3.02. The first kappa shape index (κ1) is 8.28. The van der Waals surface area contributed by atoms with Crippen LogP contribution in [0.1, 0.15) is 13.8 Å². The Bertz CT molecular complexity index is 482. The first-order chi connectivity index (χ1) is 8.04. The number of hydrogen-bond acceptors (Lipinski definition) is 3. The quantitative estimate of drug-likeness (QED) is 0.462. The van der Waals surface area contributed by atoms with Gasteiger partial charge in [-0.25, -0.2) is 0 Å². The molecular weight excluding hydrogens is 216 g/mol. The van der Waals surface area contributed by atoms with Gasteiger partial charge in [0.1, 0.15) is 0 Å². The summed E-state index contributed by atoms with van der Waals surface area (Å²) in [6.07, 6.45) is 0. The maximum atomic E-state index is 11.8. The topological polar surface area (TPSA) is 43.4 Å². The molecule has 2 bridgehead atoms. The first-order valence-electron chi connectivity index (χ1n) is 6.80. The predicted octanol–water partition coefficient (Wildman–Crippen LogP) is 1.08. The van der Waals surface area contributed by atoms with Crippen LogP contribution >= 0.6 is 0 Å². The Morgan fingerprint density at radius 1 is 0.824 bits per heavy atom. The van der Waals surface area contributed by atoms with Gasteiger partial charge in [-0.05, 0) is 46.3 Å². The van der Waals surface area contributed by atoms with Crippen LogP contribution < -0.4 is 0 Å². The maximum Gasteiger partial charge on any atom is 0.317 e. The van der Waals surface area contributed by atoms with Crippen LogP contribution in [0.4, 0.5) is 0 Å². The second kappa shape index (κ2) is 1.70. The molecule has 0 unspecified atom stereocenters. The summed E-state index contributed by atoms with van der Waals surface area (Å²) < 4.78 is 4.92. The fraction of sp³-hybridized carbons (Fsp3) is 0.857. The van der Waals surface area contributed by atoms with Crippen LogP contribution in [0.25, 0.3) is 0 Å². The molecule has 7 fully saturated rings. The lowest BCUT2D eigenvalue weighted by molar-refractivity contribution is -0.571. The van der Waals surface area contributed by atoms with Gasteiger partial charge in [-0.1, -0.05) is 13.8 Å². The highest BCUT2D eigenvalue weighted by Crippen LogP contribution is 3.03. The van der Waals surface area contributed by atoms with Gasteiger partial charge in [-0.2, -0.15) is 0 Å². The zero-order valence-corrected chi connectivity index (χ0v) is 9.84. The summed E-state index contributed by atoms with van der Waals surface area (Å²) in [5.74, 6) is 3.49. The summed E-state index contributed by atoms with van der Waals surface area (Å²) in [7, 11) is 0. The lowest BCUT2D eigenvalue weighted by atomic mass is 9.00. The number of ether oxygens (including phenoxy) is 1. The molecule has 3 heteroatoms. The Kier molecular flexibility index (Phi) is 0.830. The minimum atomic E-state index is -0.200. The third-order valence-corrected chi connectivity index (χ3v) is 8.32. The third kappa shape index (κ3) is 0.407. The summed E-state index contributed by atoms with van der Waals surface area (Å²) in [5, 5.41) is 0. The van der Waals surface area contributed by atoms with E-state index in [1.165, 1.54) is 0 Å². The molecule has 0 aromatic heterocycles. The zero-order valence-electron chi connectivity index (χ0n) is 9.84. The van der Waals surface area contributed by atoms with Crippen molar-refractivity contribution in [1.82, 2.24) is 0 Å². The van der Waals surface area contributed by atoms with E-state index in [1.54, 1.807) is 0 Å². The molecule has 3 nitrogen and oxygen atoms in total. The summed E-state index contributed by atoms with van der Waals surface area (Å²) in [6.45, 7) is 4.84. The Labute approximate surface area is 98.9 Å². The van der Waals surface area contributed by atoms with Crippen LogP contribution in [0.5, 0.6) is 0 Å². The average molecular weight is 230 g/mol. The standard InChI is InChI=1S/C14H14O3/c1-13-7-5-3-4(12(16)17-11(3)15)6-9(7)14(13,2)10(6)8(5)13/h3-10H,1-2H3/t3-,4-,5?,6?,7+,8+,9+,10+,13?,14?/m0/s1. The predicted molar refractivity (Wildman–Crippen MR) is 55.2 cm³/mol. The van der Waals surface area contributed by atoms with Gasteiger partial charge in [-0.3, -0.25) is 9.59 Å². The normalized spacial score (nSPS) is 79.2. The molecule has 0 N–H and O–H groups in total. The van der Waals surface area contributed by atoms with Crippen LogP contribution in [0.15, 0.2) is 0 Å². The molecule has 17 heavy (non-hydrogen) atoms. The van der Waals surface area contributed by atoms with E-state index in [2.05, 4.69) is 13.8 Å². The summed E-state index contributed by atoms with van der Waals surface area (Å²) in [5.41, 5.74) is 1.06. The Morgan fingerprint density at radius 3 is 1.53 bits per heavy atom. The van der Waals surface area contributed by atoms with Crippen molar-refractivity contribution < 1.29 is 14.3 Å². The molecule has 88 valence electrons. The second-order valence-electron chi connectivity index (χ2n) is 7.61. The average Bonchev–Trinajstić information content (AvgIpc) is 2.62. The number of carbonyl (C=O) groups is 2. The minimum Gasteiger partial charge on any atom is -0.393 e. The van der Waals surface area contributed by atoms with Crippen molar-refractivity contribution in [1.29, 1.82) is 0 Å². The largest absolute Gasteiger partial charge is 0.393 e. The Morgan fingerprint density at radius 2 is 1.18 bits per heavy atom. The van der Waals surface area contributed by atoms with E-state index in [0.29, 0.717) is 22.7 Å². The monoisotopic (exact) mass is 230 g/mol. The highest BCUT2D eigenvalue weighted by molar-refractivity contribution is 5.98. The molecule has 0 radical (unpaired) electrons. The number of carbonyl (C=O) groups excluding carboxylic acids is 2. The molecule has 0 amide bonds. The van der Waals surface area contributed by atoms with Gasteiger partial charge in [-0.15, -0.1) is 0 Å². The lowest BCUT2D eigenvalue weighted by Gasteiger charge is -3.03. The molecule has 0 aromatic carbocycles. The van der Waals surface area contributed by atoms with Crippen LogP contribution in [0, 0.1) is 58.2 Å². The number of esters is 2.